The van der Waals surface area contributed by atoms with Gasteiger partial charge in [-0.1, -0.05) is 44.2 Å². The molecule has 1 aromatic rings. The van der Waals surface area contributed by atoms with Crippen molar-refractivity contribution in [2.24, 2.45) is 5.92 Å². The number of aliphatic hydroxyl groups excluding tert-OH is 6. The predicted octanol–water partition coefficient (Wildman–Crippen LogP) is -1.25. The molecule has 0 aromatic heterocycles. The monoisotopic (exact) mass is 757 g/mol. The van der Waals surface area contributed by atoms with Crippen LogP contribution in [0.5, 0.6) is 0 Å². The number of nitrogens with one attached hydrogen (secondary N) is 1. The number of rotatable bonds is 14. The summed E-state index contributed by atoms with van der Waals surface area (Å²) >= 11 is 0. The number of aromatic carboxylic acids is 1. The molecule has 298 valence electrons. The maximum Gasteiger partial charge on any atom is 0.336 e. The van der Waals surface area contributed by atoms with E-state index >= 15 is 0 Å². The smallest absolute Gasteiger partial charge is 0.336 e. The van der Waals surface area contributed by atoms with Crippen molar-refractivity contribution in [3.8, 4) is 0 Å². The molecule has 3 aliphatic heterocycles. The lowest BCUT2D eigenvalue weighted by molar-refractivity contribution is -0.355. The standard InChI is InChI=1S/C35H51NO17/c1-16-24(38)26(40)27(41)34(49-16)53-29-20(11-12-48-22(29)14-36-31(43)18-9-5-6-10-19(18)32(44)45)51-35-28(42)30(25(39)23(15-37)52-35)50-21(33(46)47)13-17-7-3-2-4-8-17/h5-6,9-10,16-17,20-30,34-35,37-42H,2-4,7-8,11-15H2,1H3,(H,36,43)(H,44,45)(H,46,47)/t16-,20+,21-,22+,23+,24+,25-,26+,27-,28+,29-,30-,34-,35+/m0/s1. The van der Waals surface area contributed by atoms with E-state index in [4.69, 9.17) is 28.4 Å². The van der Waals surface area contributed by atoms with Crippen molar-refractivity contribution >= 4 is 17.8 Å². The van der Waals surface area contributed by atoms with Crippen LogP contribution in [-0.2, 0) is 33.2 Å². The van der Waals surface area contributed by atoms with E-state index < -0.39 is 110 Å². The van der Waals surface area contributed by atoms with Crippen molar-refractivity contribution in [3.63, 3.8) is 0 Å². The zero-order chi connectivity index (χ0) is 38.4. The minimum atomic E-state index is -1.77. The van der Waals surface area contributed by atoms with Gasteiger partial charge >= 0.3 is 11.9 Å². The van der Waals surface area contributed by atoms with Gasteiger partial charge in [0.15, 0.2) is 18.7 Å². The molecule has 1 aliphatic carbocycles. The zero-order valence-corrected chi connectivity index (χ0v) is 29.3. The molecule has 4 aliphatic rings. The number of amides is 1. The Kier molecular flexibility index (Phi) is 14.5. The Bertz CT molecular complexity index is 1380. The molecule has 14 atom stereocenters. The van der Waals surface area contributed by atoms with Gasteiger partial charge in [0.05, 0.1) is 29.9 Å². The molecule has 53 heavy (non-hydrogen) atoms. The predicted molar refractivity (Wildman–Crippen MR) is 177 cm³/mol. The number of carbonyl (C=O) groups excluding carboxylic acids is 1. The Morgan fingerprint density at radius 2 is 1.49 bits per heavy atom. The quantitative estimate of drug-likeness (QED) is 0.107. The van der Waals surface area contributed by atoms with E-state index in [9.17, 15) is 55.2 Å². The summed E-state index contributed by atoms with van der Waals surface area (Å²) in [5.41, 5.74) is -0.367. The van der Waals surface area contributed by atoms with E-state index in [1.165, 1.54) is 31.2 Å². The minimum absolute atomic E-state index is 0.000129. The first-order valence-corrected chi connectivity index (χ1v) is 18.0. The van der Waals surface area contributed by atoms with Crippen LogP contribution in [0.2, 0.25) is 0 Å². The van der Waals surface area contributed by atoms with Gasteiger partial charge in [-0.3, -0.25) is 4.79 Å². The van der Waals surface area contributed by atoms with E-state index in [1.807, 2.05) is 0 Å². The molecule has 1 saturated carbocycles. The minimum Gasteiger partial charge on any atom is -0.479 e. The van der Waals surface area contributed by atoms with Gasteiger partial charge in [0.2, 0.25) is 0 Å². The number of benzene rings is 1. The molecule has 9 N–H and O–H groups in total. The van der Waals surface area contributed by atoms with Crippen molar-refractivity contribution in [2.45, 2.75) is 138 Å². The summed E-state index contributed by atoms with van der Waals surface area (Å²) in [6, 6.07) is 5.56. The summed E-state index contributed by atoms with van der Waals surface area (Å²) in [7, 11) is 0. The maximum absolute atomic E-state index is 13.1. The van der Waals surface area contributed by atoms with Crippen LogP contribution >= 0.6 is 0 Å². The second kappa shape index (κ2) is 18.7. The number of ether oxygens (including phenoxy) is 6. The summed E-state index contributed by atoms with van der Waals surface area (Å²) in [6.45, 7) is 0.415. The Morgan fingerprint density at radius 3 is 2.15 bits per heavy atom. The van der Waals surface area contributed by atoms with Crippen molar-refractivity contribution in [1.82, 2.24) is 5.32 Å². The van der Waals surface area contributed by atoms with E-state index in [-0.39, 0.29) is 43.0 Å². The average molecular weight is 758 g/mol. The Morgan fingerprint density at radius 1 is 0.811 bits per heavy atom. The van der Waals surface area contributed by atoms with Crippen molar-refractivity contribution in [3.05, 3.63) is 35.4 Å². The van der Waals surface area contributed by atoms with E-state index in [1.54, 1.807) is 0 Å². The molecule has 0 spiro atoms. The van der Waals surface area contributed by atoms with E-state index in [0.717, 1.165) is 32.1 Å². The van der Waals surface area contributed by atoms with E-state index in [2.05, 4.69) is 5.32 Å². The molecular weight excluding hydrogens is 706 g/mol. The van der Waals surface area contributed by atoms with Gasteiger partial charge in [-0.2, -0.15) is 0 Å². The highest BCUT2D eigenvalue weighted by Gasteiger charge is 2.51. The molecule has 18 heteroatoms. The summed E-state index contributed by atoms with van der Waals surface area (Å²) < 4.78 is 35.5. The Labute approximate surface area is 305 Å². The van der Waals surface area contributed by atoms with Gasteiger partial charge in [-0.05, 0) is 37.8 Å². The third-order valence-corrected chi connectivity index (χ3v) is 10.4. The van der Waals surface area contributed by atoms with Gasteiger partial charge in [-0.15, -0.1) is 0 Å². The molecule has 4 fully saturated rings. The summed E-state index contributed by atoms with van der Waals surface area (Å²) in [5, 5.41) is 86.2. The highest BCUT2D eigenvalue weighted by Crippen LogP contribution is 2.34. The fourth-order valence-corrected chi connectivity index (χ4v) is 7.40. The largest absolute Gasteiger partial charge is 0.479 e. The molecule has 0 radical (unpaired) electrons. The second-order valence-electron chi connectivity index (χ2n) is 14.1. The van der Waals surface area contributed by atoms with Crippen LogP contribution in [0.4, 0.5) is 0 Å². The van der Waals surface area contributed by atoms with Crippen LogP contribution in [0, 0.1) is 5.92 Å². The molecule has 5 rings (SSSR count). The number of aliphatic hydroxyl groups is 6. The molecule has 0 unspecified atom stereocenters. The SMILES string of the molecule is C[C@@H]1O[C@@H](O[C@@H]2[C@@H](CNC(=O)c3ccccc3C(=O)O)OCC[C@H]2O[C@@H]2O[C@H](CO)[C@H](O)[C@H](O[C@@H](CC3CCCCC3)C(=O)O)[C@H]2O)[C@@H](O)[C@H](O)[C@@H]1O. The highest BCUT2D eigenvalue weighted by molar-refractivity contribution is 6.04. The maximum atomic E-state index is 13.1. The van der Waals surface area contributed by atoms with Crippen LogP contribution in [0.3, 0.4) is 0 Å². The van der Waals surface area contributed by atoms with Crippen molar-refractivity contribution in [1.29, 1.82) is 0 Å². The number of aliphatic carboxylic acids is 1. The van der Waals surface area contributed by atoms with Gasteiger partial charge in [-0.25, -0.2) is 9.59 Å². The second-order valence-corrected chi connectivity index (χ2v) is 14.1. The van der Waals surface area contributed by atoms with Crippen LogP contribution in [0.1, 0.15) is 72.6 Å². The summed E-state index contributed by atoms with van der Waals surface area (Å²) in [5.74, 6) is -3.27. The zero-order valence-electron chi connectivity index (χ0n) is 29.3. The normalized spacial score (nSPS) is 37.5. The lowest BCUT2D eigenvalue weighted by atomic mass is 9.85. The first-order chi connectivity index (χ1) is 25.3. The molecule has 3 heterocycles. The highest BCUT2D eigenvalue weighted by atomic mass is 16.7. The third kappa shape index (κ3) is 9.88. The average Bonchev–Trinajstić information content (AvgIpc) is 3.15. The Hall–Kier alpha value is -2.85. The first-order valence-electron chi connectivity index (χ1n) is 18.0. The number of hydrogen-bond acceptors (Lipinski definition) is 15. The lowest BCUT2D eigenvalue weighted by Gasteiger charge is -2.47. The van der Waals surface area contributed by atoms with Crippen LogP contribution in [-0.4, -0.2) is 164 Å². The van der Waals surface area contributed by atoms with Crippen LogP contribution < -0.4 is 5.32 Å². The Balaban J connectivity index is 1.36. The van der Waals surface area contributed by atoms with E-state index in [0.29, 0.717) is 0 Å². The lowest BCUT2D eigenvalue weighted by Crippen LogP contribution is -2.64. The van der Waals surface area contributed by atoms with Crippen LogP contribution in [0.15, 0.2) is 24.3 Å². The van der Waals surface area contributed by atoms with Gasteiger partial charge in [0, 0.05) is 13.2 Å². The summed E-state index contributed by atoms with van der Waals surface area (Å²) in [4.78, 5) is 37.1. The number of hydrogen-bond donors (Lipinski definition) is 9. The van der Waals surface area contributed by atoms with Crippen molar-refractivity contribution < 1.29 is 83.7 Å². The molecule has 1 aromatic carbocycles. The molecule has 1 amide bonds. The van der Waals surface area contributed by atoms with Gasteiger partial charge in [0.1, 0.15) is 54.9 Å². The number of carboxylic acids is 2. The molecule has 18 nitrogen and oxygen atoms in total. The third-order valence-electron chi connectivity index (χ3n) is 10.4. The van der Waals surface area contributed by atoms with Crippen molar-refractivity contribution in [2.75, 3.05) is 19.8 Å². The molecule has 3 saturated heterocycles. The number of carboxylic acid groups (broad SMARTS) is 2. The fraction of sp³-hybridized carbons (Fsp3) is 0.743. The fourth-order valence-electron chi connectivity index (χ4n) is 7.40. The number of carbonyl (C=O) groups is 3. The molecule has 0 bridgehead atoms. The van der Waals surface area contributed by atoms with Gasteiger partial charge < -0.3 is 74.6 Å². The first kappa shape index (κ1) is 41.3. The van der Waals surface area contributed by atoms with Crippen LogP contribution in [0.25, 0.3) is 0 Å². The summed E-state index contributed by atoms with van der Waals surface area (Å²) in [6.07, 6.45) is -15.3. The molecular formula is C35H51NO17. The topological polar surface area (TPSA) is 280 Å². The van der Waals surface area contributed by atoms with Gasteiger partial charge in [0.25, 0.3) is 5.91 Å².